The monoisotopic (exact) mass is 338 g/mol. The lowest BCUT2D eigenvalue weighted by Crippen LogP contribution is -2.20. The van der Waals surface area contributed by atoms with Gasteiger partial charge in [0.15, 0.2) is 0 Å². The number of carbonyl (C=O) groups excluding carboxylic acids is 1. The summed E-state index contributed by atoms with van der Waals surface area (Å²) in [5.74, 6) is 0.310. The van der Waals surface area contributed by atoms with E-state index in [0.717, 1.165) is 5.56 Å². The molecule has 0 fully saturated rings. The van der Waals surface area contributed by atoms with Crippen LogP contribution in [0.25, 0.3) is 0 Å². The molecule has 7 heteroatoms. The molecule has 0 bridgehead atoms. The topological polar surface area (TPSA) is 78.4 Å². The zero-order chi connectivity index (χ0) is 16.1. The third-order valence-electron chi connectivity index (χ3n) is 2.83. The van der Waals surface area contributed by atoms with Gasteiger partial charge >= 0.3 is 6.03 Å². The Morgan fingerprint density at radius 1 is 1.23 bits per heavy atom. The third kappa shape index (κ3) is 4.47. The third-order valence-corrected chi connectivity index (χ3v) is 3.85. The van der Waals surface area contributed by atoms with Gasteiger partial charge in [0.25, 0.3) is 0 Å². The van der Waals surface area contributed by atoms with Crippen molar-refractivity contribution in [1.29, 1.82) is 0 Å². The van der Waals surface area contributed by atoms with E-state index in [-0.39, 0.29) is 10.8 Å². The summed E-state index contributed by atoms with van der Waals surface area (Å²) in [5, 5.41) is 14.8. The number of benzene rings is 2. The number of aromatic hydroxyl groups is 1. The zero-order valence-electron chi connectivity index (χ0n) is 11.8. The Hall–Kier alpha value is -2.05. The summed E-state index contributed by atoms with van der Waals surface area (Å²) in [6, 6.07) is 11.1. The van der Waals surface area contributed by atoms with Gasteiger partial charge in [0, 0.05) is 28.4 Å². The number of carbonyl (C=O) groups is 1. The van der Waals surface area contributed by atoms with Crippen LogP contribution in [0.3, 0.4) is 0 Å². The van der Waals surface area contributed by atoms with Crippen molar-refractivity contribution in [3.8, 4) is 5.75 Å². The Kier molecular flexibility index (Phi) is 5.41. The van der Waals surface area contributed by atoms with Gasteiger partial charge in [0.2, 0.25) is 0 Å². The first-order valence-corrected chi connectivity index (χ1v) is 8.50. The van der Waals surface area contributed by atoms with Gasteiger partial charge in [-0.1, -0.05) is 29.8 Å². The molecule has 5 nitrogen and oxygen atoms in total. The first-order chi connectivity index (χ1) is 10.5. The van der Waals surface area contributed by atoms with Crippen molar-refractivity contribution in [3.63, 3.8) is 0 Å². The average Bonchev–Trinajstić information content (AvgIpc) is 2.44. The lowest BCUT2D eigenvalue weighted by atomic mass is 10.2. The van der Waals surface area contributed by atoms with Gasteiger partial charge in [0.05, 0.1) is 10.8 Å². The number of halogens is 1. The molecule has 3 N–H and O–H groups in total. The van der Waals surface area contributed by atoms with E-state index >= 15 is 0 Å². The minimum atomic E-state index is -1.00. The van der Waals surface area contributed by atoms with Crippen LogP contribution in [0.1, 0.15) is 5.56 Å². The maximum absolute atomic E-state index is 12.0. The number of nitrogens with one attached hydrogen (secondary N) is 2. The Balaban J connectivity index is 2.09. The van der Waals surface area contributed by atoms with Gasteiger partial charge < -0.3 is 15.7 Å². The largest absolute Gasteiger partial charge is 0.506 e. The summed E-state index contributed by atoms with van der Waals surface area (Å²) in [7, 11) is -1.00. The number of hydrogen-bond donors (Lipinski definition) is 3. The van der Waals surface area contributed by atoms with Crippen LogP contribution in [0.5, 0.6) is 5.75 Å². The number of para-hydroxylation sites is 1. The summed E-state index contributed by atoms with van der Waals surface area (Å²) < 4.78 is 11.4. The van der Waals surface area contributed by atoms with Crippen LogP contribution in [0.2, 0.25) is 5.02 Å². The van der Waals surface area contributed by atoms with E-state index in [0.29, 0.717) is 17.1 Å². The van der Waals surface area contributed by atoms with Crippen LogP contribution in [-0.2, 0) is 16.6 Å². The van der Waals surface area contributed by atoms with Crippen LogP contribution in [0.15, 0.2) is 42.5 Å². The van der Waals surface area contributed by atoms with Crippen LogP contribution in [-0.4, -0.2) is 21.6 Å². The molecule has 2 rings (SSSR count). The fourth-order valence-corrected chi connectivity index (χ4v) is 2.73. The first kappa shape index (κ1) is 16.3. The summed E-state index contributed by atoms with van der Waals surface area (Å²) in [5.41, 5.74) is 1.85. The molecular formula is C15H15ClN2O3S. The molecule has 1 atom stereocenters. The van der Waals surface area contributed by atoms with Crippen molar-refractivity contribution in [3.05, 3.63) is 53.1 Å². The van der Waals surface area contributed by atoms with E-state index in [4.69, 9.17) is 11.6 Å². The Morgan fingerprint density at radius 3 is 2.64 bits per heavy atom. The summed E-state index contributed by atoms with van der Waals surface area (Å²) in [6.07, 6.45) is 1.61. The molecule has 116 valence electrons. The second-order valence-electron chi connectivity index (χ2n) is 4.62. The van der Waals surface area contributed by atoms with Crippen LogP contribution in [0, 0.1) is 0 Å². The molecular weight excluding hydrogens is 324 g/mol. The fourth-order valence-electron chi connectivity index (χ4n) is 1.86. The van der Waals surface area contributed by atoms with Crippen molar-refractivity contribution < 1.29 is 14.1 Å². The standard InChI is InChI=1S/C15H15ClN2O3S/c1-22(21)9-10-4-2-3-5-13(10)18-15(20)17-11-6-7-14(19)12(16)8-11/h2-8,19H,9H2,1H3,(H2,17,18,20)/t22-/m0/s1. The molecule has 0 aromatic heterocycles. The molecule has 22 heavy (non-hydrogen) atoms. The highest BCUT2D eigenvalue weighted by Crippen LogP contribution is 2.26. The highest BCUT2D eigenvalue weighted by atomic mass is 35.5. The van der Waals surface area contributed by atoms with Gasteiger partial charge in [0.1, 0.15) is 5.75 Å². The number of rotatable bonds is 4. The van der Waals surface area contributed by atoms with Crippen LogP contribution in [0.4, 0.5) is 16.2 Å². The van der Waals surface area contributed by atoms with Crippen molar-refractivity contribution in [1.82, 2.24) is 0 Å². The first-order valence-electron chi connectivity index (χ1n) is 6.40. The summed E-state index contributed by atoms with van der Waals surface area (Å²) in [6.45, 7) is 0. The van der Waals surface area contributed by atoms with E-state index in [2.05, 4.69) is 10.6 Å². The smallest absolute Gasteiger partial charge is 0.323 e. The molecule has 0 aliphatic heterocycles. The van der Waals surface area contributed by atoms with E-state index in [1.165, 1.54) is 18.2 Å². The molecule has 0 radical (unpaired) electrons. The van der Waals surface area contributed by atoms with E-state index in [1.54, 1.807) is 18.4 Å². The number of urea groups is 1. The Bertz CT molecular complexity index is 722. The molecule has 0 saturated heterocycles. The zero-order valence-corrected chi connectivity index (χ0v) is 13.4. The number of hydrogen-bond acceptors (Lipinski definition) is 3. The SMILES string of the molecule is C[S@](=O)Cc1ccccc1NC(=O)Nc1ccc(O)c(Cl)c1. The number of phenolic OH excluding ortho intramolecular Hbond substituents is 1. The van der Waals surface area contributed by atoms with Crippen LogP contribution < -0.4 is 10.6 Å². The maximum Gasteiger partial charge on any atom is 0.323 e. The normalized spacial score (nSPS) is 11.7. The van der Waals surface area contributed by atoms with Crippen molar-refractivity contribution in [2.75, 3.05) is 16.9 Å². The second kappa shape index (κ2) is 7.29. The molecule has 0 heterocycles. The van der Waals surface area contributed by atoms with Gasteiger partial charge in [-0.05, 0) is 29.8 Å². The molecule has 0 saturated carbocycles. The molecule has 2 aromatic rings. The lowest BCUT2D eigenvalue weighted by Gasteiger charge is -2.11. The minimum absolute atomic E-state index is 0.0524. The lowest BCUT2D eigenvalue weighted by molar-refractivity contribution is 0.262. The molecule has 0 unspecified atom stereocenters. The number of phenols is 1. The van der Waals surface area contributed by atoms with Gasteiger partial charge in [-0.3, -0.25) is 4.21 Å². The highest BCUT2D eigenvalue weighted by Gasteiger charge is 2.09. The predicted molar refractivity (Wildman–Crippen MR) is 90.0 cm³/mol. The van der Waals surface area contributed by atoms with E-state index in [9.17, 15) is 14.1 Å². The van der Waals surface area contributed by atoms with Gasteiger partial charge in [-0.2, -0.15) is 0 Å². The highest BCUT2D eigenvalue weighted by molar-refractivity contribution is 7.83. The molecule has 0 spiro atoms. The van der Waals surface area contributed by atoms with E-state index in [1.807, 2.05) is 12.1 Å². The summed E-state index contributed by atoms with van der Waals surface area (Å²) in [4.78, 5) is 12.0. The van der Waals surface area contributed by atoms with Gasteiger partial charge in [-0.25, -0.2) is 4.79 Å². The summed E-state index contributed by atoms with van der Waals surface area (Å²) >= 11 is 5.78. The van der Waals surface area contributed by atoms with Crippen molar-refractivity contribution in [2.45, 2.75) is 5.75 Å². The predicted octanol–water partition coefficient (Wildman–Crippen LogP) is 3.57. The number of amides is 2. The van der Waals surface area contributed by atoms with Crippen molar-refractivity contribution >= 4 is 39.8 Å². The quantitative estimate of drug-likeness (QED) is 0.746. The number of anilines is 2. The fraction of sp³-hybridized carbons (Fsp3) is 0.133. The Labute approximate surface area is 135 Å². The molecule has 0 aliphatic rings. The molecule has 2 amide bonds. The minimum Gasteiger partial charge on any atom is -0.506 e. The Morgan fingerprint density at radius 2 is 1.95 bits per heavy atom. The molecule has 0 aliphatic carbocycles. The maximum atomic E-state index is 12.0. The van der Waals surface area contributed by atoms with Gasteiger partial charge in [-0.15, -0.1) is 0 Å². The average molecular weight is 339 g/mol. The van der Waals surface area contributed by atoms with Crippen molar-refractivity contribution in [2.24, 2.45) is 0 Å². The molecule has 2 aromatic carbocycles. The van der Waals surface area contributed by atoms with Crippen LogP contribution >= 0.6 is 11.6 Å². The van der Waals surface area contributed by atoms with E-state index < -0.39 is 16.8 Å². The second-order valence-corrected chi connectivity index (χ2v) is 6.46.